The Labute approximate surface area is 315 Å². The van der Waals surface area contributed by atoms with Crippen LogP contribution < -0.4 is 0 Å². The SMILES string of the molecule is CC1CC2c3ccccc3C=CC2C1[Si](C)(C)C1C(C)CC2c3ccccc3C=CC21.CCOCC.CCOCC.[Al+3].[Al+3].[CH3-].[CH3-].[CH3-].[CH3-]. The standard InChI is InChI=1S/C30H36Si.2C4H10O.4CH3.2Al/c1-19-17-27-23-11-7-5-9-21(23)13-15-25(27)29(19)31(3,4)30-20(2)18-28-24-12-8-6-10-22(24)14-16-26(28)30;2*1-3-5-4-2;;;;;;/h5-16,19-20,25-30H,17-18H2,1-4H3;2*3-4H2,1-2H3;4*1H3;;/q;;;4*-1;2*+3. The second-order valence-electron chi connectivity index (χ2n) is 13.2. The van der Waals surface area contributed by atoms with E-state index in [1.165, 1.54) is 24.0 Å². The van der Waals surface area contributed by atoms with Crippen LogP contribution in [0.25, 0.3) is 12.2 Å². The zero-order chi connectivity index (χ0) is 29.6. The molecular weight excluding hydrogens is 619 g/mol. The van der Waals surface area contributed by atoms with Gasteiger partial charge in [-0.15, -0.1) is 0 Å². The first-order valence-electron chi connectivity index (χ1n) is 16.5. The van der Waals surface area contributed by atoms with Crippen molar-refractivity contribution in [3.05, 3.63) is 113 Å². The predicted octanol–water partition coefficient (Wildman–Crippen LogP) is 11.5. The van der Waals surface area contributed by atoms with E-state index in [2.05, 4.69) is 99.8 Å². The van der Waals surface area contributed by atoms with Gasteiger partial charge in [-0.3, -0.25) is 0 Å². The monoisotopic (exact) mass is 686 g/mol. The normalized spacial score (nSPS) is 26.7. The van der Waals surface area contributed by atoms with Crippen molar-refractivity contribution in [3.63, 3.8) is 0 Å². The molecule has 2 aromatic carbocycles. The molecule has 0 bridgehead atoms. The Morgan fingerprint density at radius 3 is 1.19 bits per heavy atom. The van der Waals surface area contributed by atoms with Crippen LogP contribution in [0.3, 0.4) is 0 Å². The molecule has 2 nitrogen and oxygen atoms in total. The summed E-state index contributed by atoms with van der Waals surface area (Å²) in [5.74, 6) is 4.64. The average molecular weight is 687 g/mol. The van der Waals surface area contributed by atoms with Crippen LogP contribution in [0.2, 0.25) is 24.2 Å². The third-order valence-corrected chi connectivity index (χ3v) is 15.9. The summed E-state index contributed by atoms with van der Waals surface area (Å²) < 4.78 is 9.67. The van der Waals surface area contributed by atoms with Gasteiger partial charge < -0.3 is 39.2 Å². The second-order valence-corrected chi connectivity index (χ2v) is 18.2. The minimum atomic E-state index is -1.52. The third-order valence-electron chi connectivity index (χ3n) is 10.6. The summed E-state index contributed by atoms with van der Waals surface area (Å²) in [5, 5.41) is 0. The van der Waals surface area contributed by atoms with Gasteiger partial charge in [0, 0.05) is 26.4 Å². The van der Waals surface area contributed by atoms with Gasteiger partial charge in [0.15, 0.2) is 0 Å². The van der Waals surface area contributed by atoms with E-state index in [1.807, 2.05) is 27.7 Å². The van der Waals surface area contributed by atoms with Crippen molar-refractivity contribution in [2.75, 3.05) is 26.4 Å². The fraction of sp³-hybridized carbons (Fsp3) is 0.524. The molecule has 256 valence electrons. The summed E-state index contributed by atoms with van der Waals surface area (Å²) in [4.78, 5) is 0. The number of hydrogen-bond donors (Lipinski definition) is 0. The molecule has 0 spiro atoms. The molecule has 5 heteroatoms. The smallest absolute Gasteiger partial charge is 0.382 e. The summed E-state index contributed by atoms with van der Waals surface area (Å²) in [6.45, 7) is 22.0. The molecule has 6 rings (SSSR count). The maximum absolute atomic E-state index is 4.83. The van der Waals surface area contributed by atoms with E-state index < -0.39 is 8.07 Å². The van der Waals surface area contributed by atoms with Gasteiger partial charge >= 0.3 is 34.7 Å². The Morgan fingerprint density at radius 1 is 0.574 bits per heavy atom. The van der Waals surface area contributed by atoms with Crippen LogP contribution >= 0.6 is 0 Å². The first-order valence-corrected chi connectivity index (χ1v) is 19.6. The van der Waals surface area contributed by atoms with Crippen molar-refractivity contribution < 1.29 is 9.47 Å². The second kappa shape index (κ2) is 23.5. The van der Waals surface area contributed by atoms with Gasteiger partial charge in [-0.2, -0.15) is 0 Å². The van der Waals surface area contributed by atoms with Crippen LogP contribution in [-0.4, -0.2) is 69.2 Å². The van der Waals surface area contributed by atoms with Gasteiger partial charge in [-0.1, -0.05) is 99.8 Å². The zero-order valence-electron chi connectivity index (χ0n) is 32.3. The van der Waals surface area contributed by atoms with E-state index in [-0.39, 0.29) is 64.4 Å². The average Bonchev–Trinajstić information content (AvgIpc) is 3.51. The zero-order valence-corrected chi connectivity index (χ0v) is 35.6. The van der Waals surface area contributed by atoms with Crippen molar-refractivity contribution in [2.45, 2.75) is 90.4 Å². The molecule has 4 aliphatic rings. The number of rotatable bonds is 6. The molecule has 0 radical (unpaired) electrons. The fourth-order valence-corrected chi connectivity index (χ4v) is 15.7. The Morgan fingerprint density at radius 2 is 0.894 bits per heavy atom. The number of hydrogen-bond acceptors (Lipinski definition) is 2. The van der Waals surface area contributed by atoms with E-state index in [4.69, 9.17) is 9.47 Å². The van der Waals surface area contributed by atoms with E-state index in [0.29, 0.717) is 0 Å². The molecule has 0 N–H and O–H groups in total. The summed E-state index contributed by atoms with van der Waals surface area (Å²) in [6.07, 6.45) is 12.9. The Balaban J connectivity index is -0.00000107. The Hall–Kier alpha value is -0.878. The number of allylic oxidation sites excluding steroid dienone is 2. The van der Waals surface area contributed by atoms with Gasteiger partial charge in [-0.05, 0) is 109 Å². The van der Waals surface area contributed by atoms with Gasteiger partial charge in [-0.25, -0.2) is 0 Å². The molecule has 0 saturated heterocycles. The minimum Gasteiger partial charge on any atom is -0.382 e. The summed E-state index contributed by atoms with van der Waals surface area (Å²) in [5.41, 5.74) is 7.96. The summed E-state index contributed by atoms with van der Waals surface area (Å²) in [7, 11) is -1.52. The molecule has 8 unspecified atom stereocenters. The van der Waals surface area contributed by atoms with Crippen LogP contribution in [0.4, 0.5) is 0 Å². The van der Waals surface area contributed by atoms with Gasteiger partial charge in [0.25, 0.3) is 0 Å². The number of ether oxygens (including phenoxy) is 2. The number of benzene rings is 2. The molecule has 0 heterocycles. The molecule has 47 heavy (non-hydrogen) atoms. The Bertz CT molecular complexity index is 1090. The van der Waals surface area contributed by atoms with Crippen LogP contribution in [-0.2, 0) is 9.47 Å². The van der Waals surface area contributed by atoms with Crippen LogP contribution in [0.1, 0.15) is 88.5 Å². The maximum atomic E-state index is 4.83. The maximum Gasteiger partial charge on any atom is 3.00 e. The molecule has 0 aromatic heterocycles. The molecule has 2 fully saturated rings. The van der Waals surface area contributed by atoms with Crippen LogP contribution in [0, 0.1) is 53.4 Å². The third kappa shape index (κ3) is 11.1. The summed E-state index contributed by atoms with van der Waals surface area (Å²) >= 11 is 0. The fourth-order valence-electron chi connectivity index (χ4n) is 9.36. The van der Waals surface area contributed by atoms with Crippen molar-refractivity contribution in [2.24, 2.45) is 23.7 Å². The molecule has 2 saturated carbocycles. The van der Waals surface area contributed by atoms with Crippen LogP contribution in [0.5, 0.6) is 0 Å². The van der Waals surface area contributed by atoms with E-state index in [9.17, 15) is 0 Å². The van der Waals surface area contributed by atoms with E-state index >= 15 is 0 Å². The minimum absolute atomic E-state index is 0. The Kier molecular flexibility index (Phi) is 25.3. The van der Waals surface area contributed by atoms with E-state index in [0.717, 1.165) is 73.0 Å². The molecule has 4 aliphatic carbocycles. The van der Waals surface area contributed by atoms with Crippen molar-refractivity contribution in [1.82, 2.24) is 0 Å². The summed E-state index contributed by atoms with van der Waals surface area (Å²) in [6, 6.07) is 18.4. The first kappa shape index (κ1) is 50.5. The quantitative estimate of drug-likeness (QED) is 0.222. The predicted molar refractivity (Wildman–Crippen MR) is 217 cm³/mol. The molecule has 2 aromatic rings. The van der Waals surface area contributed by atoms with Crippen LogP contribution in [0.15, 0.2) is 60.7 Å². The first-order chi connectivity index (χ1) is 19.8. The topological polar surface area (TPSA) is 18.5 Å². The van der Waals surface area contributed by atoms with E-state index in [1.54, 1.807) is 11.1 Å². The van der Waals surface area contributed by atoms with Gasteiger partial charge in [0.2, 0.25) is 0 Å². The molecule has 0 aliphatic heterocycles. The van der Waals surface area contributed by atoms with Crippen molar-refractivity contribution in [3.8, 4) is 0 Å². The number of fused-ring (bicyclic) bond motifs is 6. The largest absolute Gasteiger partial charge is 3.00 e. The van der Waals surface area contributed by atoms with Gasteiger partial charge in [0.1, 0.15) is 0 Å². The van der Waals surface area contributed by atoms with Crippen molar-refractivity contribution >= 4 is 54.9 Å². The molecular formula is C42H68Al2O2Si+2. The van der Waals surface area contributed by atoms with Crippen molar-refractivity contribution in [1.29, 1.82) is 0 Å². The molecule has 0 amide bonds. The molecule has 8 atom stereocenters. The van der Waals surface area contributed by atoms with Gasteiger partial charge in [0.05, 0.1) is 8.07 Å².